The molecular weight excluding hydrogens is 496 g/mol. The van der Waals surface area contributed by atoms with Gasteiger partial charge in [0.25, 0.3) is 5.56 Å². The summed E-state index contributed by atoms with van der Waals surface area (Å²) < 4.78 is 56.9. The van der Waals surface area contributed by atoms with E-state index in [-0.39, 0.29) is 40.3 Å². The van der Waals surface area contributed by atoms with E-state index in [1.54, 1.807) is 15.9 Å². The van der Waals surface area contributed by atoms with E-state index in [1.807, 2.05) is 19.0 Å². The molecule has 0 bridgehead atoms. The minimum Gasteiger partial charge on any atom is -0.506 e. The largest absolute Gasteiger partial charge is 0.506 e. The summed E-state index contributed by atoms with van der Waals surface area (Å²) in [6.07, 6.45) is -0.811. The highest BCUT2D eigenvalue weighted by atomic mass is 19.4. The maximum atomic E-state index is 14.5. The van der Waals surface area contributed by atoms with E-state index in [9.17, 15) is 32.3 Å². The number of aromatic nitrogens is 3. The number of carbonyl (C=O) groups is 1. The van der Waals surface area contributed by atoms with E-state index >= 15 is 0 Å². The molecule has 13 heteroatoms. The average Bonchev–Trinajstić information content (AvgIpc) is 2.84. The number of likely N-dealkylation sites (N-methyl/N-ethyl adjacent to an activating group) is 1. The minimum atomic E-state index is -5.07. The molecule has 9 nitrogen and oxygen atoms in total. The van der Waals surface area contributed by atoms with Crippen molar-refractivity contribution in [3.05, 3.63) is 64.6 Å². The topological polar surface area (TPSA) is 94.8 Å². The fraction of sp³-hybridized carbons (Fsp3) is 0.333. The third-order valence-corrected chi connectivity index (χ3v) is 5.89. The number of amides is 1. The van der Waals surface area contributed by atoms with Crippen LogP contribution in [-0.2, 0) is 11.0 Å². The SMILES string of the molecule is CN(C)C/C=C/C(=O)N1CCN(c2ncnc3c(=O)n(-c4c(O)cccc4F)c(C(F)(F)F)cc23)CC1. The lowest BCUT2D eigenvalue weighted by atomic mass is 10.1. The second-order valence-corrected chi connectivity index (χ2v) is 8.71. The van der Waals surface area contributed by atoms with Crippen LogP contribution in [0.25, 0.3) is 16.6 Å². The summed E-state index contributed by atoms with van der Waals surface area (Å²) in [5, 5.41) is 9.92. The van der Waals surface area contributed by atoms with Gasteiger partial charge in [-0.25, -0.2) is 14.4 Å². The monoisotopic (exact) mass is 520 g/mol. The van der Waals surface area contributed by atoms with E-state index in [0.717, 1.165) is 24.5 Å². The molecule has 1 fully saturated rings. The highest BCUT2D eigenvalue weighted by Gasteiger charge is 2.38. The Kier molecular flexibility index (Phi) is 7.16. The number of fused-ring (bicyclic) bond motifs is 1. The Morgan fingerprint density at radius 3 is 2.49 bits per heavy atom. The number of para-hydroxylation sites is 1. The van der Waals surface area contributed by atoms with Crippen LogP contribution in [0.1, 0.15) is 5.69 Å². The van der Waals surface area contributed by atoms with Crippen molar-refractivity contribution in [2.75, 3.05) is 51.7 Å². The number of benzene rings is 1. The van der Waals surface area contributed by atoms with E-state index in [2.05, 4.69) is 9.97 Å². The fourth-order valence-electron chi connectivity index (χ4n) is 4.12. The average molecular weight is 520 g/mol. The van der Waals surface area contributed by atoms with Crippen LogP contribution in [0, 0.1) is 5.82 Å². The second-order valence-electron chi connectivity index (χ2n) is 8.71. The van der Waals surface area contributed by atoms with E-state index in [4.69, 9.17) is 0 Å². The molecule has 0 radical (unpaired) electrons. The number of nitrogens with zero attached hydrogens (tertiary/aromatic N) is 6. The number of carbonyl (C=O) groups excluding carboxylic acids is 1. The molecule has 0 atom stereocenters. The van der Waals surface area contributed by atoms with Gasteiger partial charge >= 0.3 is 6.18 Å². The van der Waals surface area contributed by atoms with Gasteiger partial charge in [-0.15, -0.1) is 0 Å². The molecule has 1 amide bonds. The van der Waals surface area contributed by atoms with Crippen LogP contribution in [0.15, 0.2) is 47.5 Å². The number of phenols is 1. The Balaban J connectivity index is 1.74. The molecule has 0 aliphatic carbocycles. The Hall–Kier alpha value is -4.00. The summed E-state index contributed by atoms with van der Waals surface area (Å²) in [4.78, 5) is 38.8. The molecule has 1 aromatic carbocycles. The quantitative estimate of drug-likeness (QED) is 0.408. The number of anilines is 1. The summed E-state index contributed by atoms with van der Waals surface area (Å²) >= 11 is 0. The van der Waals surface area contributed by atoms with Crippen LogP contribution < -0.4 is 10.5 Å². The predicted octanol–water partition coefficient (Wildman–Crippen LogP) is 2.41. The van der Waals surface area contributed by atoms with Gasteiger partial charge in [-0.2, -0.15) is 13.2 Å². The van der Waals surface area contributed by atoms with Crippen LogP contribution in [-0.4, -0.2) is 82.2 Å². The Morgan fingerprint density at radius 1 is 1.16 bits per heavy atom. The summed E-state index contributed by atoms with van der Waals surface area (Å²) in [5.74, 6) is -2.13. The zero-order valence-electron chi connectivity index (χ0n) is 20.0. The standard InChI is InChI=1S/C24H24F4N6O3/c1-31(2)8-4-7-19(36)32-9-11-33(12-10-32)22-15-13-18(24(26,27)28)34(23(37)20(15)29-14-30-22)21-16(25)5-3-6-17(21)35/h3-7,13-14,35H,8-12H2,1-2H3/b7-4+. The number of hydrogen-bond acceptors (Lipinski definition) is 7. The van der Waals surface area contributed by atoms with E-state index in [1.165, 1.54) is 6.08 Å². The number of hydrogen-bond donors (Lipinski definition) is 1. The fourth-order valence-corrected chi connectivity index (χ4v) is 4.12. The predicted molar refractivity (Wildman–Crippen MR) is 128 cm³/mol. The van der Waals surface area contributed by atoms with E-state index in [0.29, 0.717) is 25.7 Å². The van der Waals surface area contributed by atoms with Crippen molar-refractivity contribution in [2.45, 2.75) is 6.18 Å². The van der Waals surface area contributed by atoms with Crippen molar-refractivity contribution in [3.8, 4) is 11.4 Å². The maximum Gasteiger partial charge on any atom is 0.431 e. The molecule has 3 aromatic rings. The molecule has 4 rings (SSSR count). The number of halogens is 4. The van der Waals surface area contributed by atoms with Gasteiger partial charge in [-0.3, -0.25) is 14.2 Å². The minimum absolute atomic E-state index is 0.0838. The molecule has 1 N–H and O–H groups in total. The summed E-state index contributed by atoms with van der Waals surface area (Å²) in [6, 6.07) is 3.61. The first-order chi connectivity index (χ1) is 17.5. The number of alkyl halides is 3. The van der Waals surface area contributed by atoms with Gasteiger partial charge in [-0.05, 0) is 32.3 Å². The Labute approximate surface area is 208 Å². The van der Waals surface area contributed by atoms with Gasteiger partial charge in [0.2, 0.25) is 5.91 Å². The molecule has 1 saturated heterocycles. The molecule has 0 saturated carbocycles. The van der Waals surface area contributed by atoms with Crippen molar-refractivity contribution in [3.63, 3.8) is 0 Å². The number of pyridine rings is 1. The molecule has 3 heterocycles. The molecule has 196 valence electrons. The van der Waals surface area contributed by atoms with Crippen molar-refractivity contribution in [1.29, 1.82) is 0 Å². The van der Waals surface area contributed by atoms with Gasteiger partial charge in [0.15, 0.2) is 5.82 Å². The Bertz CT molecular complexity index is 1390. The first-order valence-corrected chi connectivity index (χ1v) is 11.3. The van der Waals surface area contributed by atoms with E-state index < -0.39 is 34.7 Å². The van der Waals surface area contributed by atoms with Gasteiger partial charge in [0, 0.05) is 38.8 Å². The van der Waals surface area contributed by atoms with Gasteiger partial charge in [0.05, 0.1) is 5.39 Å². The molecular formula is C24H24F4N6O3. The zero-order valence-corrected chi connectivity index (χ0v) is 20.0. The molecule has 2 aromatic heterocycles. The third kappa shape index (κ3) is 5.26. The van der Waals surface area contributed by atoms with Crippen LogP contribution in [0.2, 0.25) is 0 Å². The lowest BCUT2D eigenvalue weighted by Crippen LogP contribution is -2.48. The zero-order chi connectivity index (χ0) is 26.9. The number of phenolic OH excluding ortho intramolecular Hbond substituents is 1. The highest BCUT2D eigenvalue weighted by Crippen LogP contribution is 2.36. The molecule has 1 aliphatic heterocycles. The van der Waals surface area contributed by atoms with Crippen molar-refractivity contribution in [1.82, 2.24) is 24.3 Å². The van der Waals surface area contributed by atoms with Gasteiger partial charge in [-0.1, -0.05) is 12.1 Å². The third-order valence-electron chi connectivity index (χ3n) is 5.89. The molecule has 1 aliphatic rings. The number of aromatic hydroxyl groups is 1. The Morgan fingerprint density at radius 2 is 1.86 bits per heavy atom. The number of rotatable bonds is 5. The second kappa shape index (κ2) is 10.2. The molecule has 0 unspecified atom stereocenters. The first kappa shape index (κ1) is 26.1. The van der Waals surface area contributed by atoms with Crippen molar-refractivity contribution >= 4 is 22.6 Å². The first-order valence-electron chi connectivity index (χ1n) is 11.3. The number of piperazine rings is 1. The lowest BCUT2D eigenvalue weighted by Gasteiger charge is -2.35. The van der Waals surface area contributed by atoms with Crippen LogP contribution >= 0.6 is 0 Å². The normalized spacial score (nSPS) is 14.8. The summed E-state index contributed by atoms with van der Waals surface area (Å²) in [7, 11) is 3.75. The molecule has 37 heavy (non-hydrogen) atoms. The summed E-state index contributed by atoms with van der Waals surface area (Å²) in [6.45, 7) is 1.71. The highest BCUT2D eigenvalue weighted by molar-refractivity contribution is 5.90. The van der Waals surface area contributed by atoms with Crippen LogP contribution in [0.5, 0.6) is 5.75 Å². The van der Waals surface area contributed by atoms with Gasteiger partial charge < -0.3 is 19.8 Å². The van der Waals surface area contributed by atoms with Crippen LogP contribution in [0.3, 0.4) is 0 Å². The van der Waals surface area contributed by atoms with Gasteiger partial charge in [0.1, 0.15) is 34.8 Å². The summed E-state index contributed by atoms with van der Waals surface area (Å²) in [5.41, 5.74) is -4.03. The van der Waals surface area contributed by atoms with Crippen LogP contribution in [0.4, 0.5) is 23.4 Å². The molecule has 0 spiro atoms. The smallest absolute Gasteiger partial charge is 0.431 e. The van der Waals surface area contributed by atoms with Crippen molar-refractivity contribution in [2.24, 2.45) is 0 Å². The lowest BCUT2D eigenvalue weighted by molar-refractivity contribution is -0.142. The van der Waals surface area contributed by atoms with Crippen molar-refractivity contribution < 1.29 is 27.5 Å². The maximum absolute atomic E-state index is 14.5.